The maximum atomic E-state index is 10.2. The standard InChI is InChI=1S/C6H5ClN2O/c7-5-1-4(8)2-9-6(5)3-10/h1-3H,8H2. The third kappa shape index (κ3) is 1.25. The lowest BCUT2D eigenvalue weighted by atomic mass is 10.3. The summed E-state index contributed by atoms with van der Waals surface area (Å²) in [4.78, 5) is 13.8. The smallest absolute Gasteiger partial charge is 0.169 e. The summed E-state index contributed by atoms with van der Waals surface area (Å²) < 4.78 is 0. The van der Waals surface area contributed by atoms with Crippen molar-refractivity contribution in [2.24, 2.45) is 0 Å². The van der Waals surface area contributed by atoms with Gasteiger partial charge in [-0.3, -0.25) is 4.79 Å². The molecule has 0 amide bonds. The van der Waals surface area contributed by atoms with Crippen molar-refractivity contribution >= 4 is 23.6 Å². The third-order valence-electron chi connectivity index (χ3n) is 1.00. The van der Waals surface area contributed by atoms with E-state index < -0.39 is 0 Å². The Morgan fingerprint density at radius 1 is 1.70 bits per heavy atom. The van der Waals surface area contributed by atoms with Crippen LogP contribution >= 0.6 is 11.6 Å². The van der Waals surface area contributed by atoms with Crippen LogP contribution in [0.25, 0.3) is 0 Å². The minimum atomic E-state index is 0.218. The fraction of sp³-hybridized carbons (Fsp3) is 0. The van der Waals surface area contributed by atoms with Crippen LogP contribution in [0.4, 0.5) is 5.69 Å². The van der Waals surface area contributed by atoms with E-state index in [9.17, 15) is 4.79 Å². The van der Waals surface area contributed by atoms with Crippen molar-refractivity contribution < 1.29 is 4.79 Å². The number of carbonyl (C=O) groups excluding carboxylic acids is 1. The highest BCUT2D eigenvalue weighted by Crippen LogP contribution is 2.13. The van der Waals surface area contributed by atoms with Crippen molar-refractivity contribution in [3.63, 3.8) is 0 Å². The van der Waals surface area contributed by atoms with E-state index in [1.165, 1.54) is 12.3 Å². The van der Waals surface area contributed by atoms with Gasteiger partial charge in [-0.25, -0.2) is 4.98 Å². The monoisotopic (exact) mass is 156 g/mol. The molecule has 0 aliphatic rings. The Bertz CT molecular complexity index is 262. The second-order valence-corrected chi connectivity index (χ2v) is 2.16. The molecule has 0 saturated heterocycles. The largest absolute Gasteiger partial charge is 0.397 e. The lowest BCUT2D eigenvalue weighted by Crippen LogP contribution is -1.91. The zero-order valence-corrected chi connectivity index (χ0v) is 5.80. The van der Waals surface area contributed by atoms with Crippen LogP contribution in [0.1, 0.15) is 10.5 Å². The van der Waals surface area contributed by atoms with E-state index in [4.69, 9.17) is 17.3 Å². The minimum absolute atomic E-state index is 0.218. The first-order chi connectivity index (χ1) is 4.74. The average Bonchev–Trinajstić information content (AvgIpc) is 1.88. The number of nitrogens with two attached hydrogens (primary N) is 1. The van der Waals surface area contributed by atoms with Gasteiger partial charge in [0.2, 0.25) is 0 Å². The van der Waals surface area contributed by atoms with E-state index in [2.05, 4.69) is 4.98 Å². The molecule has 2 N–H and O–H groups in total. The van der Waals surface area contributed by atoms with Crippen LogP contribution in [0.15, 0.2) is 12.3 Å². The van der Waals surface area contributed by atoms with E-state index in [0.29, 0.717) is 12.0 Å². The number of carbonyl (C=O) groups is 1. The molecule has 0 saturated carbocycles. The highest BCUT2D eigenvalue weighted by Gasteiger charge is 1.98. The van der Waals surface area contributed by atoms with E-state index in [-0.39, 0.29) is 10.7 Å². The molecule has 0 fully saturated rings. The van der Waals surface area contributed by atoms with E-state index >= 15 is 0 Å². The Morgan fingerprint density at radius 2 is 2.40 bits per heavy atom. The van der Waals surface area contributed by atoms with Gasteiger partial charge in [-0.15, -0.1) is 0 Å². The van der Waals surface area contributed by atoms with Crippen molar-refractivity contribution in [3.05, 3.63) is 23.0 Å². The normalized spacial score (nSPS) is 9.30. The van der Waals surface area contributed by atoms with Gasteiger partial charge < -0.3 is 5.73 Å². The molecule has 0 aliphatic carbocycles. The van der Waals surface area contributed by atoms with Gasteiger partial charge >= 0.3 is 0 Å². The van der Waals surface area contributed by atoms with Gasteiger partial charge in [-0.1, -0.05) is 11.6 Å². The molecule has 0 spiro atoms. The summed E-state index contributed by atoms with van der Waals surface area (Å²) in [5.74, 6) is 0. The number of nitrogens with zero attached hydrogens (tertiary/aromatic N) is 1. The molecule has 1 heterocycles. The topological polar surface area (TPSA) is 56.0 Å². The molecule has 0 aromatic carbocycles. The summed E-state index contributed by atoms with van der Waals surface area (Å²) in [6.45, 7) is 0. The number of pyridine rings is 1. The van der Waals surface area contributed by atoms with Crippen LogP contribution < -0.4 is 5.73 Å². The van der Waals surface area contributed by atoms with Gasteiger partial charge in [0.05, 0.1) is 16.9 Å². The van der Waals surface area contributed by atoms with Gasteiger partial charge in [-0.05, 0) is 6.07 Å². The summed E-state index contributed by atoms with van der Waals surface area (Å²) >= 11 is 5.56. The van der Waals surface area contributed by atoms with E-state index in [1.807, 2.05) is 0 Å². The molecule has 1 rings (SSSR count). The molecule has 52 valence electrons. The van der Waals surface area contributed by atoms with Crippen LogP contribution in [0.5, 0.6) is 0 Å². The molecule has 4 heteroatoms. The van der Waals surface area contributed by atoms with Crippen molar-refractivity contribution in [1.82, 2.24) is 4.98 Å². The quantitative estimate of drug-likeness (QED) is 0.621. The number of anilines is 1. The Labute approximate surface area is 62.8 Å². The highest BCUT2D eigenvalue weighted by molar-refractivity contribution is 6.32. The first kappa shape index (κ1) is 7.02. The Balaban J connectivity index is 3.19. The number of rotatable bonds is 1. The highest BCUT2D eigenvalue weighted by atomic mass is 35.5. The lowest BCUT2D eigenvalue weighted by Gasteiger charge is -1.94. The number of halogens is 1. The van der Waals surface area contributed by atoms with Crippen molar-refractivity contribution in [2.75, 3.05) is 5.73 Å². The third-order valence-corrected chi connectivity index (χ3v) is 1.31. The summed E-state index contributed by atoms with van der Waals surface area (Å²) in [7, 11) is 0. The number of aromatic nitrogens is 1. The first-order valence-corrected chi connectivity index (χ1v) is 2.98. The number of hydrogen-bond donors (Lipinski definition) is 1. The van der Waals surface area contributed by atoms with Gasteiger partial charge in [0.1, 0.15) is 5.69 Å². The maximum Gasteiger partial charge on any atom is 0.169 e. The Kier molecular flexibility index (Phi) is 1.87. The van der Waals surface area contributed by atoms with Crippen molar-refractivity contribution in [1.29, 1.82) is 0 Å². The zero-order chi connectivity index (χ0) is 7.56. The van der Waals surface area contributed by atoms with Gasteiger partial charge in [0, 0.05) is 0 Å². The van der Waals surface area contributed by atoms with E-state index in [0.717, 1.165) is 0 Å². The molecule has 1 aromatic rings. The predicted molar refractivity (Wildman–Crippen MR) is 39.0 cm³/mol. The predicted octanol–water partition coefficient (Wildman–Crippen LogP) is 1.13. The van der Waals surface area contributed by atoms with Gasteiger partial charge in [0.15, 0.2) is 6.29 Å². The Morgan fingerprint density at radius 3 is 2.90 bits per heavy atom. The summed E-state index contributed by atoms with van der Waals surface area (Å²) in [5, 5.41) is 0.287. The van der Waals surface area contributed by atoms with Gasteiger partial charge in [-0.2, -0.15) is 0 Å². The fourth-order valence-electron chi connectivity index (χ4n) is 0.550. The molecule has 1 aromatic heterocycles. The number of aldehydes is 1. The minimum Gasteiger partial charge on any atom is -0.397 e. The van der Waals surface area contributed by atoms with Crippen LogP contribution in [0.3, 0.4) is 0 Å². The second kappa shape index (κ2) is 2.66. The van der Waals surface area contributed by atoms with Crippen LogP contribution in [0, 0.1) is 0 Å². The molecule has 0 unspecified atom stereocenters. The Hall–Kier alpha value is -1.09. The molecule has 10 heavy (non-hydrogen) atoms. The molecule has 3 nitrogen and oxygen atoms in total. The van der Waals surface area contributed by atoms with Crippen molar-refractivity contribution in [2.45, 2.75) is 0 Å². The fourth-order valence-corrected chi connectivity index (χ4v) is 0.769. The van der Waals surface area contributed by atoms with Crippen molar-refractivity contribution in [3.8, 4) is 0 Å². The number of hydrogen-bond acceptors (Lipinski definition) is 3. The molecule has 0 radical (unpaired) electrons. The molecule has 0 bridgehead atoms. The second-order valence-electron chi connectivity index (χ2n) is 1.75. The van der Waals surface area contributed by atoms with Gasteiger partial charge in [0.25, 0.3) is 0 Å². The zero-order valence-electron chi connectivity index (χ0n) is 5.04. The van der Waals surface area contributed by atoms with E-state index in [1.54, 1.807) is 0 Å². The molecular weight excluding hydrogens is 152 g/mol. The maximum absolute atomic E-state index is 10.2. The average molecular weight is 157 g/mol. The summed E-state index contributed by atoms with van der Waals surface area (Å²) in [6.07, 6.45) is 1.97. The molecular formula is C6H5ClN2O. The van der Waals surface area contributed by atoms with Crippen LogP contribution in [0.2, 0.25) is 5.02 Å². The molecule has 0 aliphatic heterocycles. The lowest BCUT2D eigenvalue weighted by molar-refractivity contribution is 0.111. The summed E-state index contributed by atoms with van der Waals surface area (Å²) in [5.41, 5.74) is 5.99. The summed E-state index contributed by atoms with van der Waals surface area (Å²) in [6, 6.07) is 1.48. The first-order valence-electron chi connectivity index (χ1n) is 2.60. The molecule has 0 atom stereocenters. The van der Waals surface area contributed by atoms with Crippen LogP contribution in [-0.2, 0) is 0 Å². The van der Waals surface area contributed by atoms with Crippen LogP contribution in [-0.4, -0.2) is 11.3 Å². The number of nitrogen functional groups attached to an aromatic ring is 1. The SMILES string of the molecule is Nc1cnc(C=O)c(Cl)c1.